The van der Waals surface area contributed by atoms with Gasteiger partial charge in [-0.2, -0.15) is 5.26 Å². The Morgan fingerprint density at radius 1 is 1.50 bits per heavy atom. The fourth-order valence-electron chi connectivity index (χ4n) is 0.971. The van der Waals surface area contributed by atoms with E-state index in [9.17, 15) is 0 Å². The molecule has 0 amide bonds. The van der Waals surface area contributed by atoms with Crippen LogP contribution in [0.5, 0.6) is 0 Å². The second-order valence-electron chi connectivity index (χ2n) is 3.88. The molecule has 1 aromatic rings. The molecule has 0 spiro atoms. The van der Waals surface area contributed by atoms with E-state index in [1.54, 1.807) is 6.07 Å². The zero-order valence-electron chi connectivity index (χ0n) is 8.37. The Labute approximate surface area is 94.2 Å². The third-order valence-corrected chi connectivity index (χ3v) is 3.66. The third-order valence-electron chi connectivity index (χ3n) is 1.44. The van der Waals surface area contributed by atoms with Gasteiger partial charge in [-0.05, 0) is 31.8 Å². The molecule has 0 bridgehead atoms. The monoisotopic (exact) mass is 245 g/mol. The van der Waals surface area contributed by atoms with Crippen molar-refractivity contribution in [3.63, 3.8) is 0 Å². The van der Waals surface area contributed by atoms with Gasteiger partial charge in [0.05, 0.1) is 10.4 Å². The molecule has 1 aromatic heterocycles. The first-order chi connectivity index (χ1) is 6.42. The van der Waals surface area contributed by atoms with E-state index in [0.29, 0.717) is 4.34 Å². The summed E-state index contributed by atoms with van der Waals surface area (Å²) in [6.45, 7) is 6.19. The molecule has 5 heteroatoms. The van der Waals surface area contributed by atoms with Gasteiger partial charge in [0.2, 0.25) is 0 Å². The molecule has 0 aliphatic heterocycles. The molecule has 76 valence electrons. The van der Waals surface area contributed by atoms with E-state index < -0.39 is 14.4 Å². The molecular formula is C9H12ClNOSSi. The van der Waals surface area contributed by atoms with Crippen molar-refractivity contribution >= 4 is 31.3 Å². The summed E-state index contributed by atoms with van der Waals surface area (Å²) >= 11 is 7.20. The topological polar surface area (TPSA) is 33.0 Å². The molecule has 0 aromatic carbocycles. The molecule has 0 aliphatic rings. The van der Waals surface area contributed by atoms with E-state index in [2.05, 4.69) is 25.7 Å². The SMILES string of the molecule is C[Si](C)(C)OC(C#N)c1ccc(Cl)s1. The maximum Gasteiger partial charge on any atom is 0.186 e. The van der Waals surface area contributed by atoms with E-state index in [0.717, 1.165) is 4.88 Å². The normalized spacial score (nSPS) is 13.6. The average molecular weight is 246 g/mol. The first-order valence-corrected chi connectivity index (χ1v) is 8.85. The summed E-state index contributed by atoms with van der Waals surface area (Å²) in [4.78, 5) is 0.889. The molecule has 0 fully saturated rings. The predicted molar refractivity (Wildman–Crippen MR) is 62.1 cm³/mol. The molecule has 0 aliphatic carbocycles. The van der Waals surface area contributed by atoms with Gasteiger partial charge in [-0.25, -0.2) is 0 Å². The Morgan fingerprint density at radius 2 is 2.14 bits per heavy atom. The third kappa shape index (κ3) is 3.43. The molecule has 1 heterocycles. The maximum absolute atomic E-state index is 8.96. The lowest BCUT2D eigenvalue weighted by molar-refractivity contribution is 0.259. The zero-order chi connectivity index (χ0) is 10.8. The minimum atomic E-state index is -1.67. The van der Waals surface area contributed by atoms with Gasteiger partial charge in [0.1, 0.15) is 0 Å². The smallest absolute Gasteiger partial charge is 0.186 e. The van der Waals surface area contributed by atoms with Crippen LogP contribution >= 0.6 is 22.9 Å². The number of nitriles is 1. The first kappa shape index (κ1) is 11.7. The summed E-state index contributed by atoms with van der Waals surface area (Å²) in [6.07, 6.45) is -0.459. The Balaban J connectivity index is 2.79. The highest BCUT2D eigenvalue weighted by Crippen LogP contribution is 2.30. The van der Waals surface area contributed by atoms with E-state index in [1.165, 1.54) is 11.3 Å². The molecule has 0 saturated heterocycles. The molecule has 0 radical (unpaired) electrons. The van der Waals surface area contributed by atoms with Crippen molar-refractivity contribution in [2.45, 2.75) is 25.7 Å². The van der Waals surface area contributed by atoms with Crippen molar-refractivity contribution in [3.8, 4) is 6.07 Å². The average Bonchev–Trinajstić information content (AvgIpc) is 2.46. The van der Waals surface area contributed by atoms with Crippen LogP contribution in [0.2, 0.25) is 24.0 Å². The number of hydrogen-bond acceptors (Lipinski definition) is 3. The van der Waals surface area contributed by atoms with Crippen molar-refractivity contribution in [2.24, 2.45) is 0 Å². The van der Waals surface area contributed by atoms with E-state index in [4.69, 9.17) is 21.3 Å². The van der Waals surface area contributed by atoms with Crippen molar-refractivity contribution in [3.05, 3.63) is 21.3 Å². The quantitative estimate of drug-likeness (QED) is 0.759. The second kappa shape index (κ2) is 4.45. The Morgan fingerprint density at radius 3 is 2.50 bits per heavy atom. The molecule has 0 saturated carbocycles. The molecule has 14 heavy (non-hydrogen) atoms. The van der Waals surface area contributed by atoms with E-state index >= 15 is 0 Å². The molecule has 1 unspecified atom stereocenters. The lowest BCUT2D eigenvalue weighted by Crippen LogP contribution is -2.27. The number of hydrogen-bond donors (Lipinski definition) is 0. The van der Waals surface area contributed by atoms with Crippen LogP contribution in [0.25, 0.3) is 0 Å². The largest absolute Gasteiger partial charge is 0.398 e. The van der Waals surface area contributed by atoms with Crippen LogP contribution in [-0.2, 0) is 4.43 Å². The summed E-state index contributed by atoms with van der Waals surface area (Å²) in [5.74, 6) is 0. The van der Waals surface area contributed by atoms with Gasteiger partial charge in [0.25, 0.3) is 0 Å². The predicted octanol–water partition coefficient (Wildman–Crippen LogP) is 3.82. The summed E-state index contributed by atoms with van der Waals surface area (Å²) in [5, 5.41) is 8.96. The molecular weight excluding hydrogens is 234 g/mol. The fraction of sp³-hybridized carbons (Fsp3) is 0.444. The summed E-state index contributed by atoms with van der Waals surface area (Å²) in [7, 11) is -1.67. The first-order valence-electron chi connectivity index (χ1n) is 4.25. The van der Waals surface area contributed by atoms with Gasteiger partial charge < -0.3 is 4.43 Å². The summed E-state index contributed by atoms with van der Waals surface area (Å²) in [5.41, 5.74) is 0. The number of nitrogens with zero attached hydrogens (tertiary/aromatic N) is 1. The molecule has 2 nitrogen and oxygen atoms in total. The van der Waals surface area contributed by atoms with Crippen molar-refractivity contribution in [1.82, 2.24) is 0 Å². The van der Waals surface area contributed by atoms with E-state index in [-0.39, 0.29) is 0 Å². The highest BCUT2D eigenvalue weighted by Gasteiger charge is 2.23. The number of halogens is 1. The van der Waals surface area contributed by atoms with Crippen LogP contribution in [0, 0.1) is 11.3 Å². The number of thiophene rings is 1. The maximum atomic E-state index is 8.96. The highest BCUT2D eigenvalue weighted by molar-refractivity contribution is 7.16. The second-order valence-corrected chi connectivity index (χ2v) is 10.1. The van der Waals surface area contributed by atoms with Gasteiger partial charge in [-0.1, -0.05) is 11.6 Å². The molecule has 0 N–H and O–H groups in total. The van der Waals surface area contributed by atoms with Gasteiger partial charge in [0.15, 0.2) is 14.4 Å². The lowest BCUT2D eigenvalue weighted by atomic mass is 10.3. The zero-order valence-corrected chi connectivity index (χ0v) is 10.9. The summed E-state index contributed by atoms with van der Waals surface area (Å²) in [6, 6.07) is 5.79. The van der Waals surface area contributed by atoms with Gasteiger partial charge in [-0.15, -0.1) is 11.3 Å². The van der Waals surface area contributed by atoms with Gasteiger partial charge >= 0.3 is 0 Å². The molecule has 1 rings (SSSR count). The molecule has 1 atom stereocenters. The highest BCUT2D eigenvalue weighted by atomic mass is 35.5. The Kier molecular flexibility index (Phi) is 3.73. The van der Waals surface area contributed by atoms with Crippen molar-refractivity contribution in [2.75, 3.05) is 0 Å². The van der Waals surface area contributed by atoms with Crippen LogP contribution in [0.3, 0.4) is 0 Å². The summed E-state index contributed by atoms with van der Waals surface area (Å²) < 4.78 is 6.41. The minimum absolute atomic E-state index is 0.459. The lowest BCUT2D eigenvalue weighted by Gasteiger charge is -2.20. The van der Waals surface area contributed by atoms with E-state index in [1.807, 2.05) is 6.07 Å². The van der Waals surface area contributed by atoms with Crippen LogP contribution in [0.1, 0.15) is 11.0 Å². The van der Waals surface area contributed by atoms with Crippen LogP contribution in [-0.4, -0.2) is 8.32 Å². The Bertz CT molecular complexity index is 352. The van der Waals surface area contributed by atoms with Crippen molar-refractivity contribution in [1.29, 1.82) is 5.26 Å². The van der Waals surface area contributed by atoms with Gasteiger partial charge in [-0.3, -0.25) is 0 Å². The Hall–Kier alpha value is -0.343. The minimum Gasteiger partial charge on any atom is -0.398 e. The number of rotatable bonds is 3. The standard InChI is InChI=1S/C9H12ClNOSSi/c1-14(2,3)12-7(6-11)8-4-5-9(10)13-8/h4-5,7H,1-3H3. The van der Waals surface area contributed by atoms with Crippen molar-refractivity contribution < 1.29 is 4.43 Å². The van der Waals surface area contributed by atoms with Gasteiger partial charge in [0, 0.05) is 4.88 Å². The fourth-order valence-corrected chi connectivity index (χ4v) is 2.98. The van der Waals surface area contributed by atoms with Crippen LogP contribution in [0.15, 0.2) is 12.1 Å². The van der Waals surface area contributed by atoms with Crippen LogP contribution < -0.4 is 0 Å². The van der Waals surface area contributed by atoms with Crippen LogP contribution in [0.4, 0.5) is 0 Å².